The third-order valence-electron chi connectivity index (χ3n) is 8.21. The van der Waals surface area contributed by atoms with Crippen LogP contribution in [0.1, 0.15) is 36.4 Å². The smallest absolute Gasteiger partial charge is 0.147 e. The van der Waals surface area contributed by atoms with Gasteiger partial charge in [-0.2, -0.15) is 0 Å². The first-order valence-electron chi connectivity index (χ1n) is 13.3. The fourth-order valence-electron chi connectivity index (χ4n) is 6.02. The van der Waals surface area contributed by atoms with Crippen LogP contribution >= 0.6 is 0 Å². The summed E-state index contributed by atoms with van der Waals surface area (Å²) in [5.74, 6) is 0. The molecule has 0 aliphatic carbocycles. The second kappa shape index (κ2) is 7.72. The van der Waals surface area contributed by atoms with E-state index in [0.29, 0.717) is 0 Å². The zero-order valence-electron chi connectivity index (χ0n) is 21.4. The molecule has 8 rings (SSSR count). The van der Waals surface area contributed by atoms with Crippen LogP contribution in [-0.4, -0.2) is 19.4 Å². The molecule has 0 unspecified atom stereocenters. The van der Waals surface area contributed by atoms with Crippen LogP contribution in [-0.2, 0) is 18.3 Å². The highest BCUT2D eigenvalue weighted by molar-refractivity contribution is 6.12. The SMILES string of the molecule is CC1(C)c2cccc(n2)-c2cccc(c2)CCc2ccc3c(c2)c2nc1ccc2c1nc2ccccc2n31. The topological polar surface area (TPSA) is 43.1 Å². The van der Waals surface area contributed by atoms with Gasteiger partial charge in [-0.25, -0.2) is 4.98 Å². The number of aryl methyl sites for hydroxylation is 2. The van der Waals surface area contributed by atoms with Gasteiger partial charge in [-0.3, -0.25) is 14.4 Å². The van der Waals surface area contributed by atoms with Crippen molar-refractivity contribution in [2.24, 2.45) is 0 Å². The number of fused-ring (bicyclic) bond motifs is 12. The van der Waals surface area contributed by atoms with Crippen LogP contribution < -0.4 is 0 Å². The Morgan fingerprint density at radius 2 is 1.45 bits per heavy atom. The van der Waals surface area contributed by atoms with Crippen molar-refractivity contribution in [2.75, 3.05) is 0 Å². The molecule has 0 spiro atoms. The second-order valence-corrected chi connectivity index (χ2v) is 10.9. The minimum Gasteiger partial charge on any atom is -0.292 e. The number of nitrogens with zero attached hydrogens (tertiary/aromatic N) is 4. The Bertz CT molecular complexity index is 2070. The molecule has 1 aliphatic rings. The molecule has 1 aliphatic heterocycles. The number of pyridine rings is 3. The lowest BCUT2D eigenvalue weighted by atomic mass is 9.84. The maximum atomic E-state index is 5.38. The van der Waals surface area contributed by atoms with Crippen LogP contribution in [0.4, 0.5) is 0 Å². The van der Waals surface area contributed by atoms with Crippen LogP contribution in [0, 0.1) is 0 Å². The summed E-state index contributed by atoms with van der Waals surface area (Å²) in [5.41, 5.74) is 11.6. The predicted octanol–water partition coefficient (Wildman–Crippen LogP) is 7.68. The number of benzene rings is 3. The van der Waals surface area contributed by atoms with E-state index in [9.17, 15) is 0 Å². The molecule has 4 aromatic heterocycles. The summed E-state index contributed by atoms with van der Waals surface area (Å²) in [6.45, 7) is 4.44. The van der Waals surface area contributed by atoms with Gasteiger partial charge in [0.1, 0.15) is 5.65 Å². The van der Waals surface area contributed by atoms with Crippen molar-refractivity contribution in [3.63, 3.8) is 0 Å². The van der Waals surface area contributed by atoms with Gasteiger partial charge in [-0.15, -0.1) is 0 Å². The van der Waals surface area contributed by atoms with Crippen molar-refractivity contribution in [1.82, 2.24) is 19.4 Å². The van der Waals surface area contributed by atoms with Crippen molar-refractivity contribution in [1.29, 1.82) is 0 Å². The fourth-order valence-corrected chi connectivity index (χ4v) is 6.02. The number of hydrogen-bond donors (Lipinski definition) is 0. The van der Waals surface area contributed by atoms with E-state index in [2.05, 4.69) is 115 Å². The Morgan fingerprint density at radius 3 is 2.37 bits per heavy atom. The molecule has 0 saturated heterocycles. The average molecular weight is 491 g/mol. The Labute approximate surface area is 220 Å². The van der Waals surface area contributed by atoms with E-state index in [4.69, 9.17) is 15.0 Å². The van der Waals surface area contributed by atoms with Gasteiger partial charge in [0.05, 0.1) is 39.1 Å². The standard InChI is InChI=1S/C34H26N4/c1-34(2)30-12-6-10-26(35-30)23-8-5-7-21(19-23)13-14-22-15-17-28-25(20-22)32-24(16-18-31(34)37-32)33-36-27-9-3-4-11-29(27)38(28)33/h3-12,15-20H,13-14H2,1-2H3. The fraction of sp³-hybridized carbons (Fsp3) is 0.147. The van der Waals surface area contributed by atoms with Gasteiger partial charge in [-0.1, -0.05) is 42.5 Å². The molecule has 0 fully saturated rings. The highest BCUT2D eigenvalue weighted by Gasteiger charge is 2.28. The molecule has 8 bridgehead atoms. The Morgan fingerprint density at radius 1 is 0.632 bits per heavy atom. The maximum Gasteiger partial charge on any atom is 0.147 e. The van der Waals surface area contributed by atoms with Crippen LogP contribution in [0.25, 0.3) is 49.7 Å². The van der Waals surface area contributed by atoms with Crippen LogP contribution in [0.2, 0.25) is 0 Å². The first-order chi connectivity index (χ1) is 18.6. The average Bonchev–Trinajstić information content (AvgIpc) is 3.36. The number of para-hydroxylation sites is 2. The molecule has 0 saturated carbocycles. The molecule has 4 heteroatoms. The van der Waals surface area contributed by atoms with Gasteiger partial charge >= 0.3 is 0 Å². The minimum absolute atomic E-state index is 0.377. The number of hydrogen-bond acceptors (Lipinski definition) is 3. The summed E-state index contributed by atoms with van der Waals surface area (Å²) in [6.07, 6.45) is 1.93. The number of rotatable bonds is 0. The summed E-state index contributed by atoms with van der Waals surface area (Å²) >= 11 is 0. The number of aromatic nitrogens is 4. The summed E-state index contributed by atoms with van der Waals surface area (Å²) in [4.78, 5) is 15.6. The molecule has 4 nitrogen and oxygen atoms in total. The van der Waals surface area contributed by atoms with E-state index in [1.165, 1.54) is 11.1 Å². The highest BCUT2D eigenvalue weighted by Crippen LogP contribution is 2.36. The lowest BCUT2D eigenvalue weighted by Gasteiger charge is -2.25. The van der Waals surface area contributed by atoms with Crippen LogP contribution in [0.3, 0.4) is 0 Å². The molecule has 0 atom stereocenters. The van der Waals surface area contributed by atoms with Crippen molar-refractivity contribution < 1.29 is 0 Å². The maximum absolute atomic E-state index is 5.38. The first-order valence-corrected chi connectivity index (χ1v) is 13.3. The van der Waals surface area contributed by atoms with E-state index >= 15 is 0 Å². The van der Waals surface area contributed by atoms with Crippen molar-refractivity contribution in [2.45, 2.75) is 32.1 Å². The van der Waals surface area contributed by atoms with Crippen molar-refractivity contribution >= 4 is 38.5 Å². The van der Waals surface area contributed by atoms with E-state index in [0.717, 1.165) is 74.0 Å². The summed E-state index contributed by atoms with van der Waals surface area (Å²) in [7, 11) is 0. The molecule has 182 valence electrons. The summed E-state index contributed by atoms with van der Waals surface area (Å²) in [6, 6.07) is 34.8. The van der Waals surface area contributed by atoms with E-state index in [1.54, 1.807) is 0 Å². The first kappa shape index (κ1) is 21.5. The monoisotopic (exact) mass is 490 g/mol. The largest absolute Gasteiger partial charge is 0.292 e. The molecule has 7 aromatic rings. The molecular weight excluding hydrogens is 464 g/mol. The van der Waals surface area contributed by atoms with Crippen molar-refractivity contribution in [3.05, 3.63) is 120 Å². The molecule has 38 heavy (non-hydrogen) atoms. The van der Waals surface area contributed by atoms with E-state index in [1.807, 2.05) is 0 Å². The molecule has 0 N–H and O–H groups in total. The van der Waals surface area contributed by atoms with E-state index < -0.39 is 0 Å². The van der Waals surface area contributed by atoms with Crippen molar-refractivity contribution in [3.8, 4) is 11.3 Å². The van der Waals surface area contributed by atoms with E-state index in [-0.39, 0.29) is 5.41 Å². The van der Waals surface area contributed by atoms with Gasteiger partial charge in [-0.05, 0) is 92.4 Å². The molecular formula is C34H26N4. The molecule has 3 aromatic carbocycles. The molecule has 5 heterocycles. The van der Waals surface area contributed by atoms with Crippen LogP contribution in [0.5, 0.6) is 0 Å². The third kappa shape index (κ3) is 3.07. The zero-order chi connectivity index (χ0) is 25.4. The lowest BCUT2D eigenvalue weighted by Crippen LogP contribution is -2.22. The summed E-state index contributed by atoms with van der Waals surface area (Å²) < 4.78 is 2.30. The molecule has 0 amide bonds. The van der Waals surface area contributed by atoms with Gasteiger partial charge in [0.15, 0.2) is 0 Å². The predicted molar refractivity (Wildman–Crippen MR) is 155 cm³/mol. The highest BCUT2D eigenvalue weighted by atomic mass is 15.0. The van der Waals surface area contributed by atoms with Gasteiger partial charge in [0.2, 0.25) is 0 Å². The summed E-state index contributed by atoms with van der Waals surface area (Å²) in [5, 5.41) is 2.24. The molecule has 0 radical (unpaired) electrons. The van der Waals surface area contributed by atoms with Crippen LogP contribution in [0.15, 0.2) is 97.1 Å². The van der Waals surface area contributed by atoms with Gasteiger partial charge < -0.3 is 0 Å². The third-order valence-corrected chi connectivity index (χ3v) is 8.21. The number of imidazole rings is 1. The van der Waals surface area contributed by atoms with Gasteiger partial charge in [0, 0.05) is 21.8 Å². The lowest BCUT2D eigenvalue weighted by molar-refractivity contribution is 0.599. The van der Waals surface area contributed by atoms with Gasteiger partial charge in [0.25, 0.3) is 0 Å². The quantitative estimate of drug-likeness (QED) is 0.205. The zero-order valence-corrected chi connectivity index (χ0v) is 21.4. The normalized spacial score (nSPS) is 14.6. The minimum atomic E-state index is -0.377. The second-order valence-electron chi connectivity index (χ2n) is 10.9. The Kier molecular flexibility index (Phi) is 4.37. The Balaban J connectivity index is 1.50. The Hall–Kier alpha value is -4.57.